The molecule has 0 atom stereocenters. The van der Waals surface area contributed by atoms with Crippen LogP contribution in [0.2, 0.25) is 0 Å². The van der Waals surface area contributed by atoms with E-state index in [4.69, 9.17) is 4.74 Å². The quantitative estimate of drug-likeness (QED) is 0.612. The van der Waals surface area contributed by atoms with Crippen molar-refractivity contribution in [2.45, 2.75) is 6.92 Å². The van der Waals surface area contributed by atoms with Crippen LogP contribution in [0.25, 0.3) is 0 Å². The Morgan fingerprint density at radius 3 is 3.14 bits per heavy atom. The summed E-state index contributed by atoms with van der Waals surface area (Å²) in [4.78, 5) is 17.5. The standard InChI is InChI=1S/C10H12N2O2/c1-7-5-9-8(6-11-7)10(13)12(2)3-4-14-9/h5-6H,3-4H2,1-2H3. The number of carbonyl (C=O) groups excluding carboxylic acids is 1. The van der Waals surface area contributed by atoms with E-state index in [1.165, 1.54) is 0 Å². The Morgan fingerprint density at radius 2 is 2.36 bits per heavy atom. The molecule has 0 aliphatic carbocycles. The zero-order valence-electron chi connectivity index (χ0n) is 8.28. The van der Waals surface area contributed by atoms with Gasteiger partial charge in [0.25, 0.3) is 5.91 Å². The number of likely N-dealkylation sites (N-methyl/N-ethyl adjacent to an activating group) is 1. The summed E-state index contributed by atoms with van der Waals surface area (Å²) in [5.74, 6) is 0.622. The third kappa shape index (κ3) is 1.43. The average molecular weight is 192 g/mol. The summed E-state index contributed by atoms with van der Waals surface area (Å²) >= 11 is 0. The number of ether oxygens (including phenoxy) is 1. The minimum Gasteiger partial charge on any atom is -0.491 e. The van der Waals surface area contributed by atoms with Gasteiger partial charge in [0, 0.05) is 25.0 Å². The van der Waals surface area contributed by atoms with Gasteiger partial charge in [-0.15, -0.1) is 0 Å². The summed E-state index contributed by atoms with van der Waals surface area (Å²) in [6.45, 7) is 3.04. The van der Waals surface area contributed by atoms with Crippen molar-refractivity contribution in [2.24, 2.45) is 0 Å². The molecule has 0 saturated heterocycles. The first kappa shape index (κ1) is 8.99. The van der Waals surface area contributed by atoms with Crippen LogP contribution < -0.4 is 4.74 Å². The smallest absolute Gasteiger partial charge is 0.259 e. The van der Waals surface area contributed by atoms with Gasteiger partial charge in [-0.05, 0) is 6.92 Å². The molecule has 1 aromatic rings. The monoisotopic (exact) mass is 192 g/mol. The molecule has 2 rings (SSSR count). The first-order valence-electron chi connectivity index (χ1n) is 4.53. The first-order chi connectivity index (χ1) is 6.68. The zero-order chi connectivity index (χ0) is 10.1. The number of hydrogen-bond acceptors (Lipinski definition) is 3. The molecule has 74 valence electrons. The van der Waals surface area contributed by atoms with E-state index in [2.05, 4.69) is 4.98 Å². The van der Waals surface area contributed by atoms with Gasteiger partial charge in [0.05, 0.1) is 12.1 Å². The summed E-state index contributed by atoms with van der Waals surface area (Å²) in [5, 5.41) is 0. The van der Waals surface area contributed by atoms with E-state index in [-0.39, 0.29) is 5.91 Å². The van der Waals surface area contributed by atoms with Crippen LogP contribution in [0.3, 0.4) is 0 Å². The van der Waals surface area contributed by atoms with Crippen LogP contribution >= 0.6 is 0 Å². The van der Waals surface area contributed by atoms with Gasteiger partial charge in [0.15, 0.2) is 0 Å². The molecule has 0 fully saturated rings. The number of pyridine rings is 1. The largest absolute Gasteiger partial charge is 0.491 e. The molecule has 0 radical (unpaired) electrons. The Balaban J connectivity index is 2.48. The summed E-state index contributed by atoms with van der Waals surface area (Å²) in [5.41, 5.74) is 1.41. The number of carbonyl (C=O) groups is 1. The van der Waals surface area contributed by atoms with Crippen molar-refractivity contribution in [2.75, 3.05) is 20.2 Å². The van der Waals surface area contributed by atoms with E-state index in [0.29, 0.717) is 24.5 Å². The molecule has 1 aromatic heterocycles. The molecule has 1 aliphatic rings. The first-order valence-corrected chi connectivity index (χ1v) is 4.53. The van der Waals surface area contributed by atoms with Gasteiger partial charge in [0.1, 0.15) is 12.4 Å². The zero-order valence-corrected chi connectivity index (χ0v) is 8.28. The van der Waals surface area contributed by atoms with Crippen LogP contribution in [0.15, 0.2) is 12.3 Å². The highest BCUT2D eigenvalue weighted by atomic mass is 16.5. The predicted octanol–water partition coefficient (Wildman–Crippen LogP) is 0.854. The number of rotatable bonds is 0. The molecule has 4 nitrogen and oxygen atoms in total. The SMILES string of the molecule is Cc1cc2c(cn1)C(=O)N(C)CCO2. The Morgan fingerprint density at radius 1 is 1.57 bits per heavy atom. The minimum atomic E-state index is -0.0231. The second-order valence-corrected chi connectivity index (χ2v) is 3.40. The predicted molar refractivity (Wildman–Crippen MR) is 51.4 cm³/mol. The van der Waals surface area contributed by atoms with Crippen LogP contribution in [-0.2, 0) is 0 Å². The molecule has 0 unspecified atom stereocenters. The molecule has 0 N–H and O–H groups in total. The number of fused-ring (bicyclic) bond motifs is 1. The number of aromatic nitrogens is 1. The van der Waals surface area contributed by atoms with E-state index >= 15 is 0 Å². The van der Waals surface area contributed by atoms with Gasteiger partial charge in [-0.1, -0.05) is 0 Å². The van der Waals surface area contributed by atoms with E-state index in [1.54, 1.807) is 24.2 Å². The Bertz CT molecular complexity index is 376. The number of hydrogen-bond donors (Lipinski definition) is 0. The number of amides is 1. The van der Waals surface area contributed by atoms with Crippen molar-refractivity contribution in [1.82, 2.24) is 9.88 Å². The summed E-state index contributed by atoms with van der Waals surface area (Å²) in [6, 6.07) is 1.80. The van der Waals surface area contributed by atoms with E-state index in [0.717, 1.165) is 5.69 Å². The van der Waals surface area contributed by atoms with Crippen LogP contribution in [0.4, 0.5) is 0 Å². The van der Waals surface area contributed by atoms with Gasteiger partial charge in [-0.3, -0.25) is 9.78 Å². The fourth-order valence-corrected chi connectivity index (χ4v) is 1.41. The number of nitrogens with zero attached hydrogens (tertiary/aromatic N) is 2. The molecular formula is C10H12N2O2. The third-order valence-corrected chi connectivity index (χ3v) is 2.26. The van der Waals surface area contributed by atoms with Crippen LogP contribution in [0.5, 0.6) is 5.75 Å². The van der Waals surface area contributed by atoms with E-state index in [1.807, 2.05) is 6.92 Å². The van der Waals surface area contributed by atoms with Crippen LogP contribution in [0, 0.1) is 6.92 Å². The summed E-state index contributed by atoms with van der Waals surface area (Å²) < 4.78 is 5.47. The molecule has 0 saturated carbocycles. The fraction of sp³-hybridized carbons (Fsp3) is 0.400. The van der Waals surface area contributed by atoms with Gasteiger partial charge < -0.3 is 9.64 Å². The van der Waals surface area contributed by atoms with E-state index < -0.39 is 0 Å². The maximum absolute atomic E-state index is 11.8. The molecule has 4 heteroatoms. The lowest BCUT2D eigenvalue weighted by atomic mass is 10.2. The molecule has 14 heavy (non-hydrogen) atoms. The highest BCUT2D eigenvalue weighted by Gasteiger charge is 2.20. The van der Waals surface area contributed by atoms with Gasteiger partial charge in [0.2, 0.25) is 0 Å². The fourth-order valence-electron chi connectivity index (χ4n) is 1.41. The Hall–Kier alpha value is -1.58. The summed E-state index contributed by atoms with van der Waals surface area (Å²) in [6.07, 6.45) is 1.58. The summed E-state index contributed by atoms with van der Waals surface area (Å²) in [7, 11) is 1.76. The second kappa shape index (κ2) is 3.29. The maximum Gasteiger partial charge on any atom is 0.259 e. The van der Waals surface area contributed by atoms with Crippen molar-refractivity contribution < 1.29 is 9.53 Å². The normalized spacial score (nSPS) is 15.9. The highest BCUT2D eigenvalue weighted by Crippen LogP contribution is 2.22. The molecule has 2 heterocycles. The molecule has 0 bridgehead atoms. The topological polar surface area (TPSA) is 42.4 Å². The molecule has 1 amide bonds. The lowest BCUT2D eigenvalue weighted by Crippen LogP contribution is -2.27. The number of aryl methyl sites for hydroxylation is 1. The lowest BCUT2D eigenvalue weighted by Gasteiger charge is -2.11. The third-order valence-electron chi connectivity index (χ3n) is 2.26. The van der Waals surface area contributed by atoms with Gasteiger partial charge >= 0.3 is 0 Å². The average Bonchev–Trinajstić information content (AvgIpc) is 2.28. The van der Waals surface area contributed by atoms with Gasteiger partial charge in [-0.2, -0.15) is 0 Å². The molecule has 0 spiro atoms. The van der Waals surface area contributed by atoms with E-state index in [9.17, 15) is 4.79 Å². The maximum atomic E-state index is 11.8. The minimum absolute atomic E-state index is 0.0231. The van der Waals surface area contributed by atoms with Crippen LogP contribution in [-0.4, -0.2) is 36.0 Å². The van der Waals surface area contributed by atoms with Crippen molar-refractivity contribution >= 4 is 5.91 Å². The Kier molecular flexibility index (Phi) is 2.11. The van der Waals surface area contributed by atoms with Crippen molar-refractivity contribution in [3.63, 3.8) is 0 Å². The van der Waals surface area contributed by atoms with Crippen molar-refractivity contribution in [3.05, 3.63) is 23.5 Å². The van der Waals surface area contributed by atoms with Crippen molar-refractivity contribution in [1.29, 1.82) is 0 Å². The van der Waals surface area contributed by atoms with Crippen LogP contribution in [0.1, 0.15) is 16.1 Å². The van der Waals surface area contributed by atoms with Crippen molar-refractivity contribution in [3.8, 4) is 5.75 Å². The van der Waals surface area contributed by atoms with Gasteiger partial charge in [-0.25, -0.2) is 0 Å². The highest BCUT2D eigenvalue weighted by molar-refractivity contribution is 5.96. The Labute approximate surface area is 82.5 Å². The second-order valence-electron chi connectivity index (χ2n) is 3.40. The molecular weight excluding hydrogens is 180 g/mol. The molecule has 1 aliphatic heterocycles. The molecule has 0 aromatic carbocycles. The lowest BCUT2D eigenvalue weighted by molar-refractivity contribution is 0.0796.